The number of nitrogen functional groups attached to an aromatic ring is 1. The fourth-order valence-corrected chi connectivity index (χ4v) is 5.11. The van der Waals surface area contributed by atoms with Crippen molar-refractivity contribution in [2.45, 2.75) is 12.8 Å². The van der Waals surface area contributed by atoms with E-state index in [9.17, 15) is 0 Å². The van der Waals surface area contributed by atoms with Gasteiger partial charge in [-0.15, -0.1) is 11.3 Å². The van der Waals surface area contributed by atoms with Crippen molar-refractivity contribution in [3.8, 4) is 11.1 Å². The molecule has 4 aromatic rings. The molecule has 0 spiro atoms. The molecule has 0 radical (unpaired) electrons. The number of anilines is 3. The minimum atomic E-state index is 0.775. The van der Waals surface area contributed by atoms with Gasteiger partial charge in [0.2, 0.25) is 0 Å². The molecule has 0 bridgehead atoms. The first-order valence-electron chi connectivity index (χ1n) is 9.22. The Labute approximate surface area is 163 Å². The van der Waals surface area contributed by atoms with Gasteiger partial charge in [0.25, 0.3) is 0 Å². The lowest BCUT2D eigenvalue weighted by Gasteiger charge is -2.14. The number of thiophene rings is 1. The normalized spacial score (nSPS) is 12.9. The Morgan fingerprint density at radius 3 is 2.52 bits per heavy atom. The molecule has 27 heavy (non-hydrogen) atoms. The van der Waals surface area contributed by atoms with Gasteiger partial charge in [-0.3, -0.25) is 0 Å². The number of hydrogen-bond donors (Lipinski definition) is 2. The molecule has 2 nitrogen and oxygen atoms in total. The molecule has 1 aliphatic carbocycles. The Balaban J connectivity index is 1.72. The maximum Gasteiger partial charge on any atom is 0.0478 e. The van der Waals surface area contributed by atoms with E-state index in [0.29, 0.717) is 0 Å². The van der Waals surface area contributed by atoms with Crippen LogP contribution in [0, 0.1) is 0 Å². The number of benzene rings is 3. The van der Waals surface area contributed by atoms with E-state index >= 15 is 0 Å². The van der Waals surface area contributed by atoms with Gasteiger partial charge in [0.15, 0.2) is 0 Å². The number of aryl methyl sites for hydroxylation is 1. The molecule has 1 aromatic heterocycles. The number of fused-ring (bicyclic) bond motifs is 3. The summed E-state index contributed by atoms with van der Waals surface area (Å²) in [6.45, 7) is 0. The summed E-state index contributed by atoms with van der Waals surface area (Å²) < 4.78 is 1.36. The molecule has 132 valence electrons. The Bertz CT molecular complexity index is 1140. The predicted molar refractivity (Wildman–Crippen MR) is 119 cm³/mol. The minimum Gasteiger partial charge on any atom is -0.399 e. The largest absolute Gasteiger partial charge is 0.399 e. The zero-order valence-corrected chi connectivity index (χ0v) is 15.7. The number of allylic oxidation sites excluding steroid dienone is 1. The van der Waals surface area contributed by atoms with E-state index in [1.54, 1.807) is 0 Å². The van der Waals surface area contributed by atoms with Crippen LogP contribution in [0.25, 0.3) is 27.3 Å². The molecular weight excluding hydrogens is 348 g/mol. The fraction of sp³-hybridized carbons (Fsp3) is 0.0833. The predicted octanol–water partition coefficient (Wildman–Crippen LogP) is 6.85. The highest BCUT2D eigenvalue weighted by atomic mass is 32.1. The summed E-state index contributed by atoms with van der Waals surface area (Å²) in [6, 6.07) is 23.1. The van der Waals surface area contributed by atoms with E-state index in [-0.39, 0.29) is 0 Å². The second kappa shape index (κ2) is 6.60. The first-order chi connectivity index (χ1) is 13.3. The third-order valence-electron chi connectivity index (χ3n) is 5.07. The molecule has 3 aromatic carbocycles. The molecule has 0 saturated heterocycles. The van der Waals surface area contributed by atoms with Crippen molar-refractivity contribution >= 4 is 44.6 Å². The van der Waals surface area contributed by atoms with Crippen LogP contribution in [-0.4, -0.2) is 0 Å². The Kier molecular flexibility index (Phi) is 3.95. The summed E-state index contributed by atoms with van der Waals surface area (Å²) in [4.78, 5) is 1.40. The monoisotopic (exact) mass is 368 g/mol. The van der Waals surface area contributed by atoms with Gasteiger partial charge in [-0.1, -0.05) is 42.5 Å². The van der Waals surface area contributed by atoms with Gasteiger partial charge in [0.05, 0.1) is 0 Å². The SMILES string of the molecule is Nc1ccc(Nc2ccc3c4c(sc3c2-c2ccccc2)C=CCC4)cc1. The van der Waals surface area contributed by atoms with E-state index < -0.39 is 0 Å². The van der Waals surface area contributed by atoms with Crippen molar-refractivity contribution in [2.75, 3.05) is 11.1 Å². The highest BCUT2D eigenvalue weighted by Gasteiger charge is 2.18. The van der Waals surface area contributed by atoms with Crippen LogP contribution in [0.1, 0.15) is 16.9 Å². The van der Waals surface area contributed by atoms with E-state index in [4.69, 9.17) is 5.73 Å². The summed E-state index contributed by atoms with van der Waals surface area (Å²) >= 11 is 1.90. The van der Waals surface area contributed by atoms with Gasteiger partial charge >= 0.3 is 0 Å². The van der Waals surface area contributed by atoms with Gasteiger partial charge in [0, 0.05) is 32.2 Å². The van der Waals surface area contributed by atoms with Crippen LogP contribution in [-0.2, 0) is 6.42 Å². The Morgan fingerprint density at radius 2 is 1.70 bits per heavy atom. The molecule has 1 aliphatic rings. The molecule has 0 aliphatic heterocycles. The van der Waals surface area contributed by atoms with Crippen molar-refractivity contribution in [1.82, 2.24) is 0 Å². The van der Waals surface area contributed by atoms with Gasteiger partial charge < -0.3 is 11.1 Å². The molecule has 0 saturated carbocycles. The third-order valence-corrected chi connectivity index (χ3v) is 6.31. The lowest BCUT2D eigenvalue weighted by molar-refractivity contribution is 1.01. The quantitative estimate of drug-likeness (QED) is 0.388. The summed E-state index contributed by atoms with van der Waals surface area (Å²) in [5.74, 6) is 0. The van der Waals surface area contributed by atoms with Crippen molar-refractivity contribution < 1.29 is 0 Å². The van der Waals surface area contributed by atoms with E-state index in [2.05, 4.69) is 59.9 Å². The highest BCUT2D eigenvalue weighted by molar-refractivity contribution is 7.20. The van der Waals surface area contributed by atoms with Crippen LogP contribution >= 0.6 is 11.3 Å². The van der Waals surface area contributed by atoms with E-state index in [1.807, 2.05) is 35.6 Å². The molecule has 5 rings (SSSR count). The lowest BCUT2D eigenvalue weighted by Crippen LogP contribution is -1.95. The van der Waals surface area contributed by atoms with Crippen LogP contribution in [0.3, 0.4) is 0 Å². The van der Waals surface area contributed by atoms with Crippen LogP contribution < -0.4 is 11.1 Å². The number of nitrogens with two attached hydrogens (primary N) is 1. The average Bonchev–Trinajstić information content (AvgIpc) is 3.09. The van der Waals surface area contributed by atoms with Gasteiger partial charge in [-0.05, 0) is 65.8 Å². The highest BCUT2D eigenvalue weighted by Crippen LogP contribution is 2.44. The Hall–Kier alpha value is -3.04. The molecule has 0 amide bonds. The van der Waals surface area contributed by atoms with E-state index in [1.165, 1.54) is 31.7 Å². The molecule has 0 atom stereocenters. The summed E-state index contributed by atoms with van der Waals surface area (Å²) in [7, 11) is 0. The van der Waals surface area contributed by atoms with Crippen molar-refractivity contribution in [3.05, 3.63) is 83.2 Å². The summed E-state index contributed by atoms with van der Waals surface area (Å²) in [5.41, 5.74) is 12.8. The molecule has 3 N–H and O–H groups in total. The van der Waals surface area contributed by atoms with Crippen LogP contribution in [0.15, 0.2) is 72.8 Å². The molecule has 0 unspecified atom stereocenters. The molecule has 0 fully saturated rings. The van der Waals surface area contributed by atoms with Crippen LogP contribution in [0.2, 0.25) is 0 Å². The van der Waals surface area contributed by atoms with Gasteiger partial charge in [-0.2, -0.15) is 0 Å². The zero-order valence-electron chi connectivity index (χ0n) is 14.9. The second-order valence-corrected chi connectivity index (χ2v) is 7.92. The second-order valence-electron chi connectivity index (χ2n) is 6.86. The van der Waals surface area contributed by atoms with Crippen molar-refractivity contribution in [1.29, 1.82) is 0 Å². The number of rotatable bonds is 3. The van der Waals surface area contributed by atoms with Gasteiger partial charge in [-0.25, -0.2) is 0 Å². The minimum absolute atomic E-state index is 0.775. The zero-order chi connectivity index (χ0) is 18.2. The third kappa shape index (κ3) is 2.90. The number of nitrogens with one attached hydrogen (secondary N) is 1. The van der Waals surface area contributed by atoms with Gasteiger partial charge in [0.1, 0.15) is 0 Å². The lowest BCUT2D eigenvalue weighted by atomic mass is 9.96. The smallest absolute Gasteiger partial charge is 0.0478 e. The maximum atomic E-state index is 5.84. The molecule has 3 heteroatoms. The molecular formula is C24H20N2S. The fourth-order valence-electron chi connectivity index (χ4n) is 3.76. The first kappa shape index (κ1) is 16.2. The van der Waals surface area contributed by atoms with Crippen molar-refractivity contribution in [2.24, 2.45) is 0 Å². The van der Waals surface area contributed by atoms with Crippen molar-refractivity contribution in [3.63, 3.8) is 0 Å². The first-order valence-corrected chi connectivity index (χ1v) is 10.0. The number of hydrogen-bond acceptors (Lipinski definition) is 3. The van der Waals surface area contributed by atoms with E-state index in [0.717, 1.165) is 29.9 Å². The summed E-state index contributed by atoms with van der Waals surface area (Å²) in [6.07, 6.45) is 6.83. The van der Waals surface area contributed by atoms with Crippen LogP contribution in [0.5, 0.6) is 0 Å². The Morgan fingerprint density at radius 1 is 0.889 bits per heavy atom. The maximum absolute atomic E-state index is 5.84. The molecule has 1 heterocycles. The van der Waals surface area contributed by atoms with Crippen LogP contribution in [0.4, 0.5) is 17.1 Å². The standard InChI is InChI=1S/C24H20N2S/c25-17-10-12-18(13-11-17)26-21-15-14-20-19-8-4-5-9-22(19)27-24(20)23(21)16-6-2-1-3-7-16/h1-3,5-7,9-15,26H,4,8,25H2. The average molecular weight is 369 g/mol. The topological polar surface area (TPSA) is 38.0 Å². The summed E-state index contributed by atoms with van der Waals surface area (Å²) in [5, 5.41) is 4.99.